The fourth-order valence-electron chi connectivity index (χ4n) is 3.28. The Hall–Kier alpha value is -4.06. The predicted octanol–water partition coefficient (Wildman–Crippen LogP) is 3.05. The summed E-state index contributed by atoms with van der Waals surface area (Å²) in [5.74, 6) is -1.61. The molecule has 0 bridgehead atoms. The van der Waals surface area contributed by atoms with E-state index in [1.165, 1.54) is 12.1 Å². The maximum absolute atomic E-state index is 12.5. The zero-order chi connectivity index (χ0) is 21.1. The summed E-state index contributed by atoms with van der Waals surface area (Å²) in [5.41, 5.74) is 2.08. The summed E-state index contributed by atoms with van der Waals surface area (Å²) >= 11 is 0. The largest absolute Gasteiger partial charge is 0.425 e. The van der Waals surface area contributed by atoms with E-state index in [9.17, 15) is 19.2 Å². The Labute approximate surface area is 172 Å². The third-order valence-corrected chi connectivity index (χ3v) is 4.81. The topological polar surface area (TPSA) is 80.8 Å². The van der Waals surface area contributed by atoms with E-state index in [1.54, 1.807) is 60.7 Å². The Morgan fingerprint density at radius 3 is 2.17 bits per heavy atom. The van der Waals surface area contributed by atoms with Crippen LogP contribution in [-0.2, 0) is 16.0 Å². The van der Waals surface area contributed by atoms with Gasteiger partial charge in [-0.25, -0.2) is 4.79 Å². The van der Waals surface area contributed by atoms with Crippen LogP contribution in [0, 0.1) is 0 Å². The van der Waals surface area contributed by atoms with Gasteiger partial charge < -0.3 is 4.74 Å². The van der Waals surface area contributed by atoms with Gasteiger partial charge in [0.25, 0.3) is 5.91 Å². The van der Waals surface area contributed by atoms with Crippen molar-refractivity contribution >= 4 is 23.6 Å². The van der Waals surface area contributed by atoms with Crippen molar-refractivity contribution in [3.05, 3.63) is 101 Å². The standard InChI is InChI=1S/C24H17NO5/c26-21-14-18-8-4-5-9-20(18)24(29)25(21)15-22(27)30-19-12-10-17(11-13-19)23(28)16-6-2-1-3-7-16/h1-13H,14-15H2. The number of amides is 2. The first-order chi connectivity index (χ1) is 14.5. The van der Waals surface area contributed by atoms with Gasteiger partial charge in [-0.2, -0.15) is 0 Å². The molecule has 1 aliphatic heterocycles. The summed E-state index contributed by atoms with van der Waals surface area (Å²) in [4.78, 5) is 50.4. The van der Waals surface area contributed by atoms with E-state index >= 15 is 0 Å². The van der Waals surface area contributed by atoms with Crippen molar-refractivity contribution in [1.29, 1.82) is 0 Å². The lowest BCUT2D eigenvalue weighted by Gasteiger charge is -2.25. The molecule has 0 unspecified atom stereocenters. The molecule has 1 aliphatic rings. The molecule has 2 amide bonds. The van der Waals surface area contributed by atoms with Crippen LogP contribution in [0.1, 0.15) is 31.8 Å². The van der Waals surface area contributed by atoms with Crippen LogP contribution >= 0.6 is 0 Å². The molecule has 0 fully saturated rings. The molecule has 6 nitrogen and oxygen atoms in total. The maximum atomic E-state index is 12.5. The molecule has 4 rings (SSSR count). The van der Waals surface area contributed by atoms with Crippen LogP contribution in [-0.4, -0.2) is 35.0 Å². The minimum atomic E-state index is -0.738. The zero-order valence-corrected chi connectivity index (χ0v) is 15.9. The minimum Gasteiger partial charge on any atom is -0.425 e. The number of hydrogen-bond acceptors (Lipinski definition) is 5. The van der Waals surface area contributed by atoms with Gasteiger partial charge in [0, 0.05) is 16.7 Å². The maximum Gasteiger partial charge on any atom is 0.331 e. The summed E-state index contributed by atoms with van der Waals surface area (Å²) in [7, 11) is 0. The lowest BCUT2D eigenvalue weighted by Crippen LogP contribution is -2.45. The van der Waals surface area contributed by atoms with E-state index in [4.69, 9.17) is 4.74 Å². The number of ether oxygens (including phenoxy) is 1. The van der Waals surface area contributed by atoms with Crippen molar-refractivity contribution in [3.8, 4) is 5.75 Å². The fourth-order valence-corrected chi connectivity index (χ4v) is 3.28. The van der Waals surface area contributed by atoms with Crippen molar-refractivity contribution in [1.82, 2.24) is 4.90 Å². The molecule has 0 saturated carbocycles. The van der Waals surface area contributed by atoms with E-state index in [0.717, 1.165) is 4.90 Å². The second kappa shape index (κ2) is 8.13. The van der Waals surface area contributed by atoms with Crippen LogP contribution in [0.3, 0.4) is 0 Å². The third-order valence-electron chi connectivity index (χ3n) is 4.81. The van der Waals surface area contributed by atoms with Gasteiger partial charge in [-0.15, -0.1) is 0 Å². The molecule has 1 heterocycles. The monoisotopic (exact) mass is 399 g/mol. The molecule has 0 radical (unpaired) electrons. The number of esters is 1. The van der Waals surface area contributed by atoms with Crippen molar-refractivity contribution in [2.45, 2.75) is 6.42 Å². The lowest BCUT2D eigenvalue weighted by molar-refractivity contribution is -0.140. The van der Waals surface area contributed by atoms with Gasteiger partial charge in [-0.05, 0) is 35.9 Å². The van der Waals surface area contributed by atoms with Gasteiger partial charge >= 0.3 is 5.97 Å². The Bertz CT molecular complexity index is 1140. The first-order valence-electron chi connectivity index (χ1n) is 9.36. The number of carbonyl (C=O) groups excluding carboxylic acids is 4. The van der Waals surface area contributed by atoms with Crippen LogP contribution < -0.4 is 4.74 Å². The van der Waals surface area contributed by atoms with Crippen LogP contribution in [0.5, 0.6) is 5.75 Å². The highest BCUT2D eigenvalue weighted by Crippen LogP contribution is 2.20. The first kappa shape index (κ1) is 19.3. The SMILES string of the molecule is O=C(CN1C(=O)Cc2ccccc2C1=O)Oc1ccc(C(=O)c2ccccc2)cc1. The average molecular weight is 399 g/mol. The summed E-state index contributed by atoms with van der Waals surface area (Å²) in [5, 5.41) is 0. The molecule has 30 heavy (non-hydrogen) atoms. The van der Waals surface area contributed by atoms with Crippen molar-refractivity contribution in [2.75, 3.05) is 6.54 Å². The summed E-state index contributed by atoms with van der Waals surface area (Å²) in [6, 6.07) is 21.8. The van der Waals surface area contributed by atoms with Gasteiger partial charge in [0.1, 0.15) is 12.3 Å². The smallest absolute Gasteiger partial charge is 0.331 e. The molecule has 0 N–H and O–H groups in total. The molecule has 0 aromatic heterocycles. The summed E-state index contributed by atoms with van der Waals surface area (Å²) < 4.78 is 5.25. The quantitative estimate of drug-likeness (QED) is 0.285. The van der Waals surface area contributed by atoms with Crippen molar-refractivity contribution in [3.63, 3.8) is 0 Å². The van der Waals surface area contributed by atoms with Gasteiger partial charge in [0.2, 0.25) is 5.91 Å². The summed E-state index contributed by atoms with van der Waals surface area (Å²) in [6.45, 7) is -0.475. The highest BCUT2D eigenvalue weighted by atomic mass is 16.5. The predicted molar refractivity (Wildman–Crippen MR) is 108 cm³/mol. The Balaban J connectivity index is 1.41. The second-order valence-electron chi connectivity index (χ2n) is 6.81. The number of rotatable bonds is 5. The van der Waals surface area contributed by atoms with Gasteiger partial charge in [-0.1, -0.05) is 48.5 Å². The number of nitrogens with zero attached hydrogens (tertiary/aromatic N) is 1. The van der Waals surface area contributed by atoms with Crippen molar-refractivity contribution < 1.29 is 23.9 Å². The molecule has 0 saturated heterocycles. The van der Waals surface area contributed by atoms with E-state index in [0.29, 0.717) is 22.3 Å². The van der Waals surface area contributed by atoms with E-state index in [-0.39, 0.29) is 18.0 Å². The molecular weight excluding hydrogens is 382 g/mol. The molecule has 3 aromatic rings. The van der Waals surface area contributed by atoms with Crippen molar-refractivity contribution in [2.24, 2.45) is 0 Å². The van der Waals surface area contributed by atoms with E-state index < -0.39 is 24.3 Å². The third kappa shape index (κ3) is 3.89. The number of carbonyl (C=O) groups is 4. The van der Waals surface area contributed by atoms with E-state index in [2.05, 4.69) is 0 Å². The second-order valence-corrected chi connectivity index (χ2v) is 6.81. The van der Waals surface area contributed by atoms with Gasteiger partial charge in [0.05, 0.1) is 6.42 Å². The molecule has 0 aliphatic carbocycles. The van der Waals surface area contributed by atoms with Crippen LogP contribution in [0.4, 0.5) is 0 Å². The highest BCUT2D eigenvalue weighted by Gasteiger charge is 2.32. The average Bonchev–Trinajstić information content (AvgIpc) is 2.77. The van der Waals surface area contributed by atoms with Crippen LogP contribution in [0.2, 0.25) is 0 Å². The zero-order valence-electron chi connectivity index (χ0n) is 15.9. The Morgan fingerprint density at radius 1 is 0.800 bits per heavy atom. The highest BCUT2D eigenvalue weighted by molar-refractivity contribution is 6.11. The number of imide groups is 1. The van der Waals surface area contributed by atoms with Crippen LogP contribution in [0.25, 0.3) is 0 Å². The number of ketones is 1. The first-order valence-corrected chi connectivity index (χ1v) is 9.36. The number of fused-ring (bicyclic) bond motifs is 1. The lowest BCUT2D eigenvalue weighted by atomic mass is 9.98. The molecule has 3 aromatic carbocycles. The fraction of sp³-hybridized carbons (Fsp3) is 0.0833. The normalized spacial score (nSPS) is 13.0. The summed E-state index contributed by atoms with van der Waals surface area (Å²) in [6.07, 6.45) is 0.0610. The van der Waals surface area contributed by atoms with Gasteiger partial charge in [-0.3, -0.25) is 19.3 Å². The Morgan fingerprint density at radius 2 is 1.43 bits per heavy atom. The minimum absolute atomic E-state index is 0.0610. The van der Waals surface area contributed by atoms with Gasteiger partial charge in [0.15, 0.2) is 5.78 Å². The molecular formula is C24H17NO5. The van der Waals surface area contributed by atoms with Crippen LogP contribution in [0.15, 0.2) is 78.9 Å². The number of benzene rings is 3. The molecule has 148 valence electrons. The number of hydrogen-bond donors (Lipinski definition) is 0. The molecule has 0 atom stereocenters. The Kier molecular flexibility index (Phi) is 5.22. The molecule has 6 heteroatoms. The van der Waals surface area contributed by atoms with E-state index in [1.807, 2.05) is 6.07 Å². The molecule has 0 spiro atoms.